The van der Waals surface area contributed by atoms with Gasteiger partial charge in [0.1, 0.15) is 23.2 Å². The third-order valence-electron chi connectivity index (χ3n) is 3.33. The number of hydrogen-bond acceptors (Lipinski definition) is 8. The number of hydrogen-bond donors (Lipinski definition) is 2. The second kappa shape index (κ2) is 5.95. The van der Waals surface area contributed by atoms with Gasteiger partial charge in [-0.3, -0.25) is 10.1 Å². The predicted molar refractivity (Wildman–Crippen MR) is 86.8 cm³/mol. The first-order valence-electron chi connectivity index (χ1n) is 7.30. The van der Waals surface area contributed by atoms with Gasteiger partial charge in [0.25, 0.3) is 0 Å². The van der Waals surface area contributed by atoms with Crippen LogP contribution in [0.1, 0.15) is 11.6 Å². The Morgan fingerprint density at radius 3 is 2.92 bits per heavy atom. The van der Waals surface area contributed by atoms with Crippen LogP contribution in [0.2, 0.25) is 0 Å². The molecular weight excluding hydrogens is 306 g/mol. The van der Waals surface area contributed by atoms with Gasteiger partial charge < -0.3 is 5.32 Å². The number of aromatic nitrogens is 8. The molecule has 0 fully saturated rings. The van der Waals surface area contributed by atoms with Crippen LogP contribution in [0.5, 0.6) is 0 Å². The van der Waals surface area contributed by atoms with E-state index in [2.05, 4.69) is 45.4 Å². The number of aromatic amines is 1. The van der Waals surface area contributed by atoms with Crippen LogP contribution in [0, 0.1) is 6.92 Å². The fourth-order valence-electron chi connectivity index (χ4n) is 2.28. The molecule has 0 atom stereocenters. The maximum absolute atomic E-state index is 4.43. The molecule has 0 bridgehead atoms. The van der Waals surface area contributed by atoms with Crippen molar-refractivity contribution in [3.05, 3.63) is 48.6 Å². The number of aryl methyl sites for hydroxylation is 1. The van der Waals surface area contributed by atoms with E-state index in [1.165, 1.54) is 0 Å². The van der Waals surface area contributed by atoms with Crippen LogP contribution < -0.4 is 5.32 Å². The molecule has 0 aromatic carbocycles. The molecule has 118 valence electrons. The highest BCUT2D eigenvalue weighted by molar-refractivity contribution is 5.86. The number of pyridine rings is 1. The summed E-state index contributed by atoms with van der Waals surface area (Å²) >= 11 is 0. The van der Waals surface area contributed by atoms with Crippen molar-refractivity contribution in [1.82, 2.24) is 40.1 Å². The summed E-state index contributed by atoms with van der Waals surface area (Å²) in [5, 5.41) is 11.1. The lowest BCUT2D eigenvalue weighted by atomic mass is 10.3. The number of nitrogens with one attached hydrogen (secondary N) is 2. The number of fused-ring (bicyclic) bond motifs is 1. The number of nitrogens with zero attached hydrogens (tertiary/aromatic N) is 7. The molecule has 2 N–H and O–H groups in total. The molecule has 0 aliphatic heterocycles. The Morgan fingerprint density at radius 2 is 2.04 bits per heavy atom. The first kappa shape index (κ1) is 14.1. The lowest BCUT2D eigenvalue weighted by molar-refractivity contribution is 0.942. The van der Waals surface area contributed by atoms with Gasteiger partial charge >= 0.3 is 0 Å². The fraction of sp³-hybridized carbons (Fsp3) is 0.133. The Labute approximate surface area is 136 Å². The van der Waals surface area contributed by atoms with Crippen LogP contribution in [0.4, 0.5) is 5.82 Å². The zero-order valence-corrected chi connectivity index (χ0v) is 12.8. The summed E-state index contributed by atoms with van der Waals surface area (Å²) in [5.41, 5.74) is 1.28. The van der Waals surface area contributed by atoms with Crippen molar-refractivity contribution in [2.45, 2.75) is 13.5 Å². The average Bonchev–Trinajstić information content (AvgIpc) is 3.09. The van der Waals surface area contributed by atoms with E-state index in [9.17, 15) is 0 Å². The second-order valence-corrected chi connectivity index (χ2v) is 5.04. The Balaban J connectivity index is 1.57. The summed E-state index contributed by atoms with van der Waals surface area (Å²) in [6, 6.07) is 3.78. The fourth-order valence-corrected chi connectivity index (χ4v) is 2.28. The molecule has 4 aromatic rings. The molecule has 4 heterocycles. The van der Waals surface area contributed by atoms with Crippen LogP contribution in [0.15, 0.2) is 36.9 Å². The summed E-state index contributed by atoms with van der Waals surface area (Å²) in [5.74, 6) is 2.54. The summed E-state index contributed by atoms with van der Waals surface area (Å²) in [6.07, 6.45) is 6.54. The van der Waals surface area contributed by atoms with Crippen molar-refractivity contribution in [3.8, 4) is 11.5 Å². The molecule has 0 radical (unpaired) electrons. The Morgan fingerprint density at radius 1 is 1.08 bits per heavy atom. The van der Waals surface area contributed by atoms with Crippen LogP contribution in [0.25, 0.3) is 22.6 Å². The highest BCUT2D eigenvalue weighted by atomic mass is 15.2. The Kier molecular flexibility index (Phi) is 3.50. The Hall–Kier alpha value is -3.49. The van der Waals surface area contributed by atoms with Crippen LogP contribution >= 0.6 is 0 Å². The summed E-state index contributed by atoms with van der Waals surface area (Å²) in [7, 11) is 0. The van der Waals surface area contributed by atoms with Crippen LogP contribution in [-0.2, 0) is 6.54 Å². The van der Waals surface area contributed by atoms with E-state index >= 15 is 0 Å². The smallest absolute Gasteiger partial charge is 0.201 e. The van der Waals surface area contributed by atoms with Crippen LogP contribution in [0.3, 0.4) is 0 Å². The molecule has 9 heteroatoms. The van der Waals surface area contributed by atoms with Crippen molar-refractivity contribution in [2.24, 2.45) is 0 Å². The number of rotatable bonds is 4. The molecule has 0 spiro atoms. The zero-order chi connectivity index (χ0) is 16.4. The van der Waals surface area contributed by atoms with Crippen molar-refractivity contribution in [3.63, 3.8) is 0 Å². The van der Waals surface area contributed by atoms with E-state index in [1.807, 2.05) is 19.1 Å². The van der Waals surface area contributed by atoms with Crippen LogP contribution in [-0.4, -0.2) is 40.1 Å². The lowest BCUT2D eigenvalue weighted by Crippen LogP contribution is -2.06. The van der Waals surface area contributed by atoms with Gasteiger partial charge in [-0.2, -0.15) is 5.10 Å². The van der Waals surface area contributed by atoms with Gasteiger partial charge in [0, 0.05) is 18.6 Å². The summed E-state index contributed by atoms with van der Waals surface area (Å²) in [4.78, 5) is 25.6. The molecule has 24 heavy (non-hydrogen) atoms. The van der Waals surface area contributed by atoms with Crippen molar-refractivity contribution in [2.75, 3.05) is 5.32 Å². The molecule has 0 saturated carbocycles. The molecule has 0 unspecified atom stereocenters. The number of anilines is 1. The van der Waals surface area contributed by atoms with E-state index in [4.69, 9.17) is 0 Å². The highest BCUT2D eigenvalue weighted by Crippen LogP contribution is 2.18. The van der Waals surface area contributed by atoms with Gasteiger partial charge in [-0.05, 0) is 19.1 Å². The van der Waals surface area contributed by atoms with Gasteiger partial charge in [-0.1, -0.05) is 0 Å². The minimum atomic E-state index is 0.438. The topological polar surface area (TPSA) is 118 Å². The van der Waals surface area contributed by atoms with E-state index in [0.29, 0.717) is 41.2 Å². The van der Waals surface area contributed by atoms with Gasteiger partial charge in [0.15, 0.2) is 5.65 Å². The van der Waals surface area contributed by atoms with E-state index in [1.54, 1.807) is 24.8 Å². The van der Waals surface area contributed by atoms with Gasteiger partial charge in [-0.15, -0.1) is 0 Å². The van der Waals surface area contributed by atoms with Gasteiger partial charge in [0.2, 0.25) is 5.82 Å². The third kappa shape index (κ3) is 2.74. The minimum Gasteiger partial charge on any atom is -0.362 e. The molecule has 4 aromatic heterocycles. The Bertz CT molecular complexity index is 981. The zero-order valence-electron chi connectivity index (χ0n) is 12.8. The van der Waals surface area contributed by atoms with E-state index in [-0.39, 0.29) is 0 Å². The molecule has 0 aliphatic rings. The quantitative estimate of drug-likeness (QED) is 0.581. The van der Waals surface area contributed by atoms with Gasteiger partial charge in [-0.25, -0.2) is 24.9 Å². The van der Waals surface area contributed by atoms with Crippen molar-refractivity contribution in [1.29, 1.82) is 0 Å². The van der Waals surface area contributed by atoms with Crippen molar-refractivity contribution >= 4 is 16.9 Å². The highest BCUT2D eigenvalue weighted by Gasteiger charge is 2.09. The largest absolute Gasteiger partial charge is 0.362 e. The van der Waals surface area contributed by atoms with Gasteiger partial charge in [0.05, 0.1) is 18.1 Å². The first-order chi connectivity index (χ1) is 11.8. The van der Waals surface area contributed by atoms with Crippen molar-refractivity contribution < 1.29 is 0 Å². The predicted octanol–water partition coefficient (Wildman–Crippen LogP) is 1.52. The molecule has 4 rings (SSSR count). The summed E-state index contributed by atoms with van der Waals surface area (Å²) in [6.45, 7) is 2.27. The second-order valence-electron chi connectivity index (χ2n) is 5.04. The van der Waals surface area contributed by atoms with E-state index < -0.39 is 0 Å². The molecule has 9 nitrogen and oxygen atoms in total. The third-order valence-corrected chi connectivity index (χ3v) is 3.33. The number of H-pyrrole nitrogens is 1. The first-order valence-corrected chi connectivity index (χ1v) is 7.30. The maximum Gasteiger partial charge on any atom is 0.201 e. The molecular formula is C15H13N9. The minimum absolute atomic E-state index is 0.438. The lowest BCUT2D eigenvalue weighted by Gasteiger charge is -2.07. The monoisotopic (exact) mass is 319 g/mol. The molecule has 0 amide bonds. The SMILES string of the molecule is Cc1nc(NCc2nc(-c3cnccn3)n[nH]2)c2cccnc2n1. The summed E-state index contributed by atoms with van der Waals surface area (Å²) < 4.78 is 0. The van der Waals surface area contributed by atoms with E-state index in [0.717, 1.165) is 5.39 Å². The molecule has 0 aliphatic carbocycles. The maximum atomic E-state index is 4.43. The normalized spacial score (nSPS) is 10.9. The average molecular weight is 319 g/mol. The standard InChI is InChI=1S/C15H13N9/c1-9-20-13-10(3-2-4-18-13)14(21-9)19-8-12-22-15(24-23-12)11-7-16-5-6-17-11/h2-7H,8H2,1H3,(H,22,23,24)(H,18,19,20,21). The molecule has 0 saturated heterocycles.